The Bertz CT molecular complexity index is 968. The van der Waals surface area contributed by atoms with Crippen molar-refractivity contribution in [2.45, 2.75) is 11.8 Å². The zero-order chi connectivity index (χ0) is 18.3. The number of hydrazone groups is 1. The summed E-state index contributed by atoms with van der Waals surface area (Å²) in [5, 5.41) is 18.1. The van der Waals surface area contributed by atoms with Crippen LogP contribution in [0.4, 0.5) is 0 Å². The molecule has 0 N–H and O–H groups in total. The number of carbonyl (C=O) groups excluding carboxylic acids is 2. The molecule has 6 heteroatoms. The predicted octanol–water partition coefficient (Wildman–Crippen LogP) is 3.20. The molecule has 129 valence electrons. The largest absolute Gasteiger partial charge is 0.298 e. The van der Waals surface area contributed by atoms with Crippen molar-refractivity contribution in [1.82, 2.24) is 5.01 Å². The van der Waals surface area contributed by atoms with Crippen LogP contribution in [0.1, 0.15) is 23.1 Å². The number of aldehydes is 1. The summed E-state index contributed by atoms with van der Waals surface area (Å²) in [6.45, 7) is -0.672. The second-order valence-corrected chi connectivity index (χ2v) is 6.79. The van der Waals surface area contributed by atoms with Crippen LogP contribution in [0.5, 0.6) is 0 Å². The van der Waals surface area contributed by atoms with Gasteiger partial charge in [-0.1, -0.05) is 48.0 Å². The molecule has 0 aromatic heterocycles. The van der Waals surface area contributed by atoms with Crippen LogP contribution in [-0.4, -0.2) is 30.0 Å². The number of fused-ring (bicyclic) bond motifs is 3. The van der Waals surface area contributed by atoms with Crippen LogP contribution in [0, 0.1) is 0 Å². The average molecular weight is 366 g/mol. The molecule has 0 bridgehead atoms. The van der Waals surface area contributed by atoms with E-state index in [1.54, 1.807) is 48.7 Å². The van der Waals surface area contributed by atoms with Crippen molar-refractivity contribution in [1.29, 1.82) is 0 Å². The van der Waals surface area contributed by atoms with Gasteiger partial charge in [0.15, 0.2) is 0 Å². The molecule has 1 radical (unpaired) electrons. The molecule has 2 aliphatic rings. The molecule has 1 atom stereocenters. The van der Waals surface area contributed by atoms with E-state index in [0.29, 0.717) is 33.7 Å². The summed E-state index contributed by atoms with van der Waals surface area (Å²) in [6, 6.07) is 14.0. The van der Waals surface area contributed by atoms with Gasteiger partial charge in [-0.3, -0.25) is 9.59 Å². The summed E-state index contributed by atoms with van der Waals surface area (Å²) >= 11 is 6.11. The lowest BCUT2D eigenvalue weighted by molar-refractivity contribution is -0.137. The van der Waals surface area contributed by atoms with Gasteiger partial charge in [0.25, 0.3) is 5.91 Å². The third kappa shape index (κ3) is 2.32. The average Bonchev–Trinajstić information content (AvgIpc) is 2.69. The maximum Gasteiger partial charge on any atom is 0.260 e. The third-order valence-electron chi connectivity index (χ3n) is 4.91. The molecular formula is C20H14ClN2O3. The number of hydrogen-bond acceptors (Lipinski definition) is 3. The van der Waals surface area contributed by atoms with Crippen molar-refractivity contribution in [2.24, 2.45) is 5.10 Å². The van der Waals surface area contributed by atoms with E-state index in [9.17, 15) is 14.7 Å². The quantitative estimate of drug-likeness (QED) is 0.784. The molecule has 0 saturated carbocycles. The van der Waals surface area contributed by atoms with Gasteiger partial charge in [-0.2, -0.15) is 10.1 Å². The van der Waals surface area contributed by atoms with Crippen LogP contribution in [0.3, 0.4) is 0 Å². The summed E-state index contributed by atoms with van der Waals surface area (Å²) in [6.07, 6.45) is 2.28. The second kappa shape index (κ2) is 6.20. The van der Waals surface area contributed by atoms with Gasteiger partial charge in [-0.25, -0.2) is 5.11 Å². The first-order valence-corrected chi connectivity index (χ1v) is 8.49. The summed E-state index contributed by atoms with van der Waals surface area (Å²) in [4.78, 5) is 25.2. The zero-order valence-electron chi connectivity index (χ0n) is 13.7. The number of carbonyl (C=O) groups is 2. The van der Waals surface area contributed by atoms with Crippen LogP contribution in [-0.2, 0) is 20.1 Å². The highest BCUT2D eigenvalue weighted by molar-refractivity contribution is 6.31. The highest BCUT2D eigenvalue weighted by Crippen LogP contribution is 2.44. The molecule has 2 aliphatic heterocycles. The Balaban J connectivity index is 1.95. The Hall–Kier alpha value is -2.76. The Morgan fingerprint density at radius 3 is 2.65 bits per heavy atom. The van der Waals surface area contributed by atoms with Crippen molar-refractivity contribution in [2.75, 3.05) is 6.61 Å². The Kier molecular flexibility index (Phi) is 3.98. The first kappa shape index (κ1) is 16.7. The summed E-state index contributed by atoms with van der Waals surface area (Å²) < 4.78 is 0. The van der Waals surface area contributed by atoms with Crippen molar-refractivity contribution in [3.05, 3.63) is 75.8 Å². The van der Waals surface area contributed by atoms with Gasteiger partial charge in [0.1, 0.15) is 18.3 Å². The summed E-state index contributed by atoms with van der Waals surface area (Å²) in [5.41, 5.74) is 1.44. The molecule has 0 spiro atoms. The highest BCUT2D eigenvalue weighted by atomic mass is 35.5. The predicted molar refractivity (Wildman–Crippen MR) is 97.2 cm³/mol. The van der Waals surface area contributed by atoms with Gasteiger partial charge in [0, 0.05) is 21.7 Å². The van der Waals surface area contributed by atoms with Gasteiger partial charge in [0.2, 0.25) is 0 Å². The Morgan fingerprint density at radius 1 is 1.19 bits per heavy atom. The molecule has 5 nitrogen and oxygen atoms in total. The van der Waals surface area contributed by atoms with Crippen LogP contribution >= 0.6 is 11.6 Å². The fraction of sp³-hybridized carbons (Fsp3) is 0.150. The van der Waals surface area contributed by atoms with Gasteiger partial charge in [-0.15, -0.1) is 0 Å². The lowest BCUT2D eigenvalue weighted by Gasteiger charge is -2.41. The van der Waals surface area contributed by atoms with E-state index in [1.807, 2.05) is 6.07 Å². The summed E-state index contributed by atoms with van der Waals surface area (Å²) in [7, 11) is 0. The topological polar surface area (TPSA) is 69.6 Å². The number of hydrogen-bond donors (Lipinski definition) is 0. The molecule has 2 heterocycles. The first-order valence-electron chi connectivity index (χ1n) is 8.11. The number of rotatable bonds is 3. The number of benzene rings is 2. The Morgan fingerprint density at radius 2 is 1.96 bits per heavy atom. The van der Waals surface area contributed by atoms with Crippen molar-refractivity contribution in [3.63, 3.8) is 0 Å². The zero-order valence-corrected chi connectivity index (χ0v) is 14.4. The van der Waals surface area contributed by atoms with Crippen LogP contribution < -0.4 is 0 Å². The minimum atomic E-state index is -1.35. The maximum atomic E-state index is 13.3. The molecular weight excluding hydrogens is 352 g/mol. The van der Waals surface area contributed by atoms with E-state index < -0.39 is 17.9 Å². The third-order valence-corrected chi connectivity index (χ3v) is 5.14. The standard InChI is InChI=1S/C20H14ClN2O3/c21-16-7-6-13-10-22-23-18(17(13)8-16)14(11-24)9-20(12-25,19(23)26)15-4-2-1-3-5-15/h1-8,10-11H,9,12H2/t20-/m1/s1. The van der Waals surface area contributed by atoms with Gasteiger partial charge >= 0.3 is 0 Å². The highest BCUT2D eigenvalue weighted by Gasteiger charge is 2.50. The smallest absolute Gasteiger partial charge is 0.260 e. The molecule has 2 aromatic carbocycles. The Labute approximate surface area is 155 Å². The lowest BCUT2D eigenvalue weighted by Crippen LogP contribution is -2.51. The maximum absolute atomic E-state index is 13.3. The van der Waals surface area contributed by atoms with E-state index in [1.165, 1.54) is 5.01 Å². The van der Waals surface area contributed by atoms with E-state index in [2.05, 4.69) is 5.10 Å². The van der Waals surface area contributed by atoms with Gasteiger partial charge in [0.05, 0.1) is 11.9 Å². The molecule has 0 saturated heterocycles. The molecule has 1 amide bonds. The van der Waals surface area contributed by atoms with Gasteiger partial charge < -0.3 is 0 Å². The van der Waals surface area contributed by atoms with Crippen LogP contribution in [0.25, 0.3) is 5.70 Å². The molecule has 26 heavy (non-hydrogen) atoms. The minimum Gasteiger partial charge on any atom is -0.298 e. The SMILES string of the molecule is [O]C[C@@]1(c2ccccc2)CC(C=O)=C2c3cc(Cl)ccc3C=NN2C1=O. The van der Waals surface area contributed by atoms with Crippen LogP contribution in [0.15, 0.2) is 59.2 Å². The fourth-order valence-electron chi connectivity index (χ4n) is 3.56. The fourth-order valence-corrected chi connectivity index (χ4v) is 3.74. The number of halogens is 1. The van der Waals surface area contributed by atoms with Crippen molar-refractivity contribution in [3.8, 4) is 0 Å². The molecule has 4 rings (SSSR count). The minimum absolute atomic E-state index is 0.0379. The first-order chi connectivity index (χ1) is 12.6. The van der Waals surface area contributed by atoms with E-state index in [4.69, 9.17) is 11.6 Å². The van der Waals surface area contributed by atoms with Crippen molar-refractivity contribution < 1.29 is 14.7 Å². The van der Waals surface area contributed by atoms with Crippen molar-refractivity contribution >= 4 is 35.7 Å². The molecule has 2 aromatic rings. The molecule has 0 unspecified atom stereocenters. The number of amides is 1. The van der Waals surface area contributed by atoms with E-state index >= 15 is 0 Å². The molecule has 0 fully saturated rings. The van der Waals surface area contributed by atoms with E-state index in [0.717, 1.165) is 5.56 Å². The second-order valence-electron chi connectivity index (χ2n) is 6.35. The van der Waals surface area contributed by atoms with E-state index in [-0.39, 0.29) is 6.42 Å². The monoisotopic (exact) mass is 365 g/mol. The normalized spacial score (nSPS) is 21.5. The summed E-state index contributed by atoms with van der Waals surface area (Å²) in [5.74, 6) is -0.429. The van der Waals surface area contributed by atoms with Gasteiger partial charge in [-0.05, 0) is 24.1 Å². The van der Waals surface area contributed by atoms with Crippen LogP contribution in [0.2, 0.25) is 5.02 Å². The number of allylic oxidation sites excluding steroid dienone is 1. The lowest BCUT2D eigenvalue weighted by atomic mass is 9.72. The molecule has 0 aliphatic carbocycles. The number of nitrogens with zero attached hydrogens (tertiary/aromatic N) is 2.